The van der Waals surface area contributed by atoms with Crippen molar-refractivity contribution in [1.29, 1.82) is 0 Å². The molecule has 3 nitrogen and oxygen atoms in total. The zero-order chi connectivity index (χ0) is 12.0. The van der Waals surface area contributed by atoms with E-state index in [2.05, 4.69) is 23.0 Å². The van der Waals surface area contributed by atoms with Crippen molar-refractivity contribution >= 4 is 18.1 Å². The first-order chi connectivity index (χ1) is 7.72. The van der Waals surface area contributed by atoms with Crippen LogP contribution in [0.4, 0.5) is 0 Å². The first-order valence-corrected chi connectivity index (χ1v) is 5.48. The van der Waals surface area contributed by atoms with E-state index in [9.17, 15) is 4.79 Å². The minimum atomic E-state index is 0.455. The molecule has 0 aliphatic rings. The quantitative estimate of drug-likeness (QED) is 0.599. The highest BCUT2D eigenvalue weighted by molar-refractivity contribution is 5.99. The van der Waals surface area contributed by atoms with Crippen molar-refractivity contribution in [2.45, 2.75) is 26.7 Å². The summed E-state index contributed by atoms with van der Waals surface area (Å²) in [5, 5.41) is 0. The monoisotopic (exact) mass is 218 g/mol. The van der Waals surface area contributed by atoms with Crippen LogP contribution in [0.1, 0.15) is 36.7 Å². The van der Waals surface area contributed by atoms with Crippen LogP contribution in [0.15, 0.2) is 17.1 Å². The minimum Gasteiger partial charge on any atom is -0.354 e. The molecule has 3 heteroatoms. The standard InChI is InChI=1S/C13H18N2O/c1-4-11(14-3)13-9-10(2)12(15-13)7-5-6-8-16/h5,7-9,15H,4,6H2,1-3H3/b7-5-,14-11?. The van der Waals surface area contributed by atoms with Crippen LogP contribution in [0.5, 0.6) is 0 Å². The number of rotatable bonds is 5. The molecule has 0 aliphatic heterocycles. The second kappa shape index (κ2) is 6.05. The average molecular weight is 218 g/mol. The Labute approximate surface area is 96.3 Å². The van der Waals surface area contributed by atoms with Gasteiger partial charge in [-0.15, -0.1) is 0 Å². The molecule has 1 N–H and O–H groups in total. The number of aldehydes is 1. The van der Waals surface area contributed by atoms with E-state index < -0.39 is 0 Å². The number of hydrogen-bond acceptors (Lipinski definition) is 2. The van der Waals surface area contributed by atoms with Gasteiger partial charge in [0.2, 0.25) is 0 Å². The molecule has 0 spiro atoms. The number of aromatic amines is 1. The first-order valence-electron chi connectivity index (χ1n) is 5.48. The lowest BCUT2D eigenvalue weighted by Crippen LogP contribution is -1.98. The van der Waals surface area contributed by atoms with Crippen molar-refractivity contribution < 1.29 is 4.79 Å². The summed E-state index contributed by atoms with van der Waals surface area (Å²) in [6.07, 6.45) is 6.05. The van der Waals surface area contributed by atoms with Crippen molar-refractivity contribution in [2.75, 3.05) is 7.05 Å². The SMILES string of the molecule is CCC(=NC)c1cc(C)c(/C=C\CC=O)[nH]1. The lowest BCUT2D eigenvalue weighted by atomic mass is 10.2. The van der Waals surface area contributed by atoms with E-state index >= 15 is 0 Å². The van der Waals surface area contributed by atoms with Gasteiger partial charge in [-0.1, -0.05) is 13.0 Å². The minimum absolute atomic E-state index is 0.455. The van der Waals surface area contributed by atoms with Crippen LogP contribution in [-0.4, -0.2) is 24.0 Å². The summed E-state index contributed by atoms with van der Waals surface area (Å²) in [5.74, 6) is 0. The molecule has 0 unspecified atom stereocenters. The molecular weight excluding hydrogens is 200 g/mol. The van der Waals surface area contributed by atoms with E-state index in [0.29, 0.717) is 6.42 Å². The van der Waals surface area contributed by atoms with Crippen LogP contribution in [0, 0.1) is 6.92 Å². The zero-order valence-corrected chi connectivity index (χ0v) is 10.1. The Bertz CT molecular complexity index is 414. The van der Waals surface area contributed by atoms with Gasteiger partial charge < -0.3 is 9.78 Å². The van der Waals surface area contributed by atoms with E-state index in [1.807, 2.05) is 19.1 Å². The predicted octanol–water partition coefficient (Wildman–Crippen LogP) is 2.75. The lowest BCUT2D eigenvalue weighted by molar-refractivity contribution is -0.107. The summed E-state index contributed by atoms with van der Waals surface area (Å²) in [4.78, 5) is 17.7. The summed E-state index contributed by atoms with van der Waals surface area (Å²) in [6, 6.07) is 2.09. The van der Waals surface area contributed by atoms with Crippen LogP contribution < -0.4 is 0 Å². The van der Waals surface area contributed by atoms with Crippen LogP contribution in [0.3, 0.4) is 0 Å². The summed E-state index contributed by atoms with van der Waals surface area (Å²) in [6.45, 7) is 4.13. The molecule has 0 radical (unpaired) electrons. The van der Waals surface area contributed by atoms with Gasteiger partial charge in [0.15, 0.2) is 0 Å². The van der Waals surface area contributed by atoms with E-state index in [4.69, 9.17) is 0 Å². The third kappa shape index (κ3) is 2.92. The number of H-pyrrole nitrogens is 1. The second-order valence-corrected chi connectivity index (χ2v) is 3.61. The van der Waals surface area contributed by atoms with E-state index in [1.165, 1.54) is 5.56 Å². The topological polar surface area (TPSA) is 45.2 Å². The number of aryl methyl sites for hydroxylation is 1. The summed E-state index contributed by atoms with van der Waals surface area (Å²) >= 11 is 0. The maximum absolute atomic E-state index is 10.2. The molecule has 0 aliphatic carbocycles. The molecular formula is C13H18N2O. The third-order valence-corrected chi connectivity index (χ3v) is 2.49. The fourth-order valence-electron chi connectivity index (χ4n) is 1.61. The molecule has 1 aromatic rings. The molecule has 0 bridgehead atoms. The number of aromatic nitrogens is 1. The first kappa shape index (κ1) is 12.4. The highest BCUT2D eigenvalue weighted by Crippen LogP contribution is 2.13. The van der Waals surface area contributed by atoms with Crippen molar-refractivity contribution in [1.82, 2.24) is 4.98 Å². The number of hydrogen-bond donors (Lipinski definition) is 1. The Morgan fingerprint density at radius 3 is 2.88 bits per heavy atom. The highest BCUT2D eigenvalue weighted by Gasteiger charge is 2.05. The molecule has 1 rings (SSSR count). The molecule has 0 atom stereocenters. The van der Waals surface area contributed by atoms with Gasteiger partial charge in [0.1, 0.15) is 6.29 Å². The van der Waals surface area contributed by atoms with Gasteiger partial charge in [0.25, 0.3) is 0 Å². The maximum atomic E-state index is 10.2. The maximum Gasteiger partial charge on any atom is 0.123 e. The van der Waals surface area contributed by atoms with E-state index in [0.717, 1.165) is 29.8 Å². The van der Waals surface area contributed by atoms with Crippen molar-refractivity contribution in [3.05, 3.63) is 29.1 Å². The molecule has 1 aromatic heterocycles. The highest BCUT2D eigenvalue weighted by atomic mass is 16.1. The van der Waals surface area contributed by atoms with Crippen LogP contribution in [0.2, 0.25) is 0 Å². The zero-order valence-electron chi connectivity index (χ0n) is 10.1. The average Bonchev–Trinajstić information content (AvgIpc) is 2.63. The van der Waals surface area contributed by atoms with Gasteiger partial charge in [0.05, 0.1) is 11.4 Å². The van der Waals surface area contributed by atoms with E-state index in [-0.39, 0.29) is 0 Å². The van der Waals surface area contributed by atoms with Crippen LogP contribution in [-0.2, 0) is 4.79 Å². The number of carbonyl (C=O) groups excluding carboxylic acids is 1. The van der Waals surface area contributed by atoms with Gasteiger partial charge in [-0.05, 0) is 31.1 Å². The van der Waals surface area contributed by atoms with Gasteiger partial charge in [-0.3, -0.25) is 4.99 Å². The summed E-state index contributed by atoms with van der Waals surface area (Å²) < 4.78 is 0. The Morgan fingerprint density at radius 1 is 1.56 bits per heavy atom. The van der Waals surface area contributed by atoms with Crippen LogP contribution in [0.25, 0.3) is 6.08 Å². The molecule has 0 amide bonds. The predicted molar refractivity (Wildman–Crippen MR) is 68.0 cm³/mol. The molecule has 0 fully saturated rings. The number of nitrogens with one attached hydrogen (secondary N) is 1. The van der Waals surface area contributed by atoms with Crippen LogP contribution >= 0.6 is 0 Å². The van der Waals surface area contributed by atoms with Crippen molar-refractivity contribution in [2.24, 2.45) is 4.99 Å². The molecule has 1 heterocycles. The fourth-order valence-corrected chi connectivity index (χ4v) is 1.61. The van der Waals surface area contributed by atoms with Crippen molar-refractivity contribution in [3.63, 3.8) is 0 Å². The number of nitrogens with zero attached hydrogens (tertiary/aromatic N) is 1. The second-order valence-electron chi connectivity index (χ2n) is 3.61. The molecule has 0 saturated heterocycles. The number of aliphatic imine (C=N–C) groups is 1. The molecule has 86 valence electrons. The number of allylic oxidation sites excluding steroid dienone is 1. The van der Waals surface area contributed by atoms with Crippen molar-refractivity contribution in [3.8, 4) is 0 Å². The van der Waals surface area contributed by atoms with Gasteiger partial charge >= 0.3 is 0 Å². The Balaban J connectivity index is 2.93. The molecule has 16 heavy (non-hydrogen) atoms. The summed E-state index contributed by atoms with van der Waals surface area (Å²) in [7, 11) is 1.80. The Hall–Kier alpha value is -1.64. The third-order valence-electron chi connectivity index (χ3n) is 2.49. The number of carbonyl (C=O) groups is 1. The summed E-state index contributed by atoms with van der Waals surface area (Å²) in [5.41, 5.74) is 4.35. The largest absolute Gasteiger partial charge is 0.354 e. The van der Waals surface area contributed by atoms with E-state index in [1.54, 1.807) is 7.05 Å². The Kier molecular flexibility index (Phi) is 4.70. The fraction of sp³-hybridized carbons (Fsp3) is 0.385. The molecule has 0 aromatic carbocycles. The smallest absolute Gasteiger partial charge is 0.123 e. The normalized spacial score (nSPS) is 12.3. The van der Waals surface area contributed by atoms with Gasteiger partial charge in [-0.25, -0.2) is 0 Å². The molecule has 0 saturated carbocycles. The lowest BCUT2D eigenvalue weighted by Gasteiger charge is -1.97. The van der Waals surface area contributed by atoms with Gasteiger partial charge in [0, 0.05) is 19.2 Å². The Morgan fingerprint density at radius 2 is 2.31 bits per heavy atom. The van der Waals surface area contributed by atoms with Gasteiger partial charge in [-0.2, -0.15) is 0 Å².